The fourth-order valence-electron chi connectivity index (χ4n) is 3.29. The van der Waals surface area contributed by atoms with Crippen molar-refractivity contribution in [2.45, 2.75) is 96.4 Å². The SMILES string of the molecule is C[C@H](O[Si](C)(C)C(C)(C)C)[C@@H]1OC(C)(C)O[C@H](C=O)[C@@H]1NC(=O)OCc1ccccc1. The van der Waals surface area contributed by atoms with Crippen molar-refractivity contribution >= 4 is 20.7 Å². The Kier molecular flexibility index (Phi) is 8.08. The second kappa shape index (κ2) is 9.81. The first-order chi connectivity index (χ1) is 14.3. The lowest BCUT2D eigenvalue weighted by molar-refractivity contribution is -0.310. The number of carbonyl (C=O) groups excluding carboxylic acids is 2. The van der Waals surface area contributed by atoms with Crippen LogP contribution in [0.5, 0.6) is 0 Å². The largest absolute Gasteiger partial charge is 0.445 e. The van der Waals surface area contributed by atoms with Crippen LogP contribution in [0.15, 0.2) is 30.3 Å². The molecule has 0 bridgehead atoms. The van der Waals surface area contributed by atoms with E-state index in [1.54, 1.807) is 13.8 Å². The van der Waals surface area contributed by atoms with Crippen molar-refractivity contribution in [3.05, 3.63) is 35.9 Å². The van der Waals surface area contributed by atoms with Crippen molar-refractivity contribution in [2.75, 3.05) is 0 Å². The fraction of sp³-hybridized carbons (Fsp3) is 0.652. The summed E-state index contributed by atoms with van der Waals surface area (Å²) in [5.41, 5.74) is 0.869. The highest BCUT2D eigenvalue weighted by atomic mass is 28.4. The van der Waals surface area contributed by atoms with Crippen LogP contribution in [0, 0.1) is 0 Å². The minimum Gasteiger partial charge on any atom is -0.445 e. The number of benzene rings is 1. The van der Waals surface area contributed by atoms with Crippen LogP contribution in [-0.4, -0.2) is 50.8 Å². The van der Waals surface area contributed by atoms with Gasteiger partial charge in [-0.1, -0.05) is 51.1 Å². The molecule has 0 unspecified atom stereocenters. The predicted octanol–water partition coefficient (Wildman–Crippen LogP) is 4.41. The summed E-state index contributed by atoms with van der Waals surface area (Å²) in [5.74, 6) is -0.993. The van der Waals surface area contributed by atoms with E-state index in [0.29, 0.717) is 6.29 Å². The second-order valence-corrected chi connectivity index (χ2v) is 14.8. The molecule has 31 heavy (non-hydrogen) atoms. The first-order valence-corrected chi connectivity index (χ1v) is 13.6. The van der Waals surface area contributed by atoms with E-state index in [9.17, 15) is 9.59 Å². The Labute approximate surface area is 186 Å². The highest BCUT2D eigenvalue weighted by molar-refractivity contribution is 6.74. The number of amides is 1. The molecule has 0 saturated carbocycles. The lowest BCUT2D eigenvalue weighted by Gasteiger charge is -2.48. The molecule has 1 saturated heterocycles. The van der Waals surface area contributed by atoms with E-state index in [2.05, 4.69) is 39.2 Å². The zero-order valence-corrected chi connectivity index (χ0v) is 20.9. The number of hydrogen-bond acceptors (Lipinski definition) is 6. The zero-order valence-electron chi connectivity index (χ0n) is 19.9. The lowest BCUT2D eigenvalue weighted by Crippen LogP contribution is -2.65. The summed E-state index contributed by atoms with van der Waals surface area (Å²) in [5, 5.41) is 2.78. The molecule has 0 aromatic heterocycles. The molecular weight excluding hydrogens is 414 g/mol. The van der Waals surface area contributed by atoms with E-state index < -0.39 is 38.4 Å². The van der Waals surface area contributed by atoms with Crippen molar-refractivity contribution in [3.63, 3.8) is 0 Å². The minimum atomic E-state index is -2.11. The predicted molar refractivity (Wildman–Crippen MR) is 121 cm³/mol. The van der Waals surface area contributed by atoms with E-state index in [0.717, 1.165) is 5.56 Å². The third-order valence-corrected chi connectivity index (χ3v) is 10.5. The molecule has 1 amide bonds. The van der Waals surface area contributed by atoms with Gasteiger partial charge in [0.2, 0.25) is 0 Å². The maximum atomic E-state index is 12.5. The second-order valence-electron chi connectivity index (χ2n) is 10.0. The van der Waals surface area contributed by atoms with Gasteiger partial charge < -0.3 is 28.7 Å². The molecule has 0 spiro atoms. The molecule has 1 aromatic rings. The topological polar surface area (TPSA) is 83.1 Å². The maximum Gasteiger partial charge on any atom is 0.407 e. The monoisotopic (exact) mass is 451 g/mol. The molecule has 4 atom stereocenters. The van der Waals surface area contributed by atoms with Crippen LogP contribution in [0.3, 0.4) is 0 Å². The Hall–Kier alpha value is -1.74. The smallest absolute Gasteiger partial charge is 0.407 e. The summed E-state index contributed by atoms with van der Waals surface area (Å²) in [4.78, 5) is 24.4. The summed E-state index contributed by atoms with van der Waals surface area (Å²) in [6.45, 7) is 16.3. The van der Waals surface area contributed by atoms with Crippen LogP contribution in [0.1, 0.15) is 47.1 Å². The van der Waals surface area contributed by atoms with Gasteiger partial charge in [0, 0.05) is 0 Å². The molecule has 2 rings (SSSR count). The van der Waals surface area contributed by atoms with Crippen molar-refractivity contribution in [3.8, 4) is 0 Å². The van der Waals surface area contributed by atoms with E-state index in [1.807, 2.05) is 37.3 Å². The fourth-order valence-corrected chi connectivity index (χ4v) is 4.71. The van der Waals surface area contributed by atoms with Crippen LogP contribution in [0.4, 0.5) is 4.79 Å². The minimum absolute atomic E-state index is 0.00352. The Morgan fingerprint density at radius 1 is 1.23 bits per heavy atom. The molecule has 1 aliphatic rings. The Morgan fingerprint density at radius 3 is 2.39 bits per heavy atom. The molecule has 7 nitrogen and oxygen atoms in total. The van der Waals surface area contributed by atoms with Crippen molar-refractivity contribution in [1.29, 1.82) is 0 Å². The maximum absolute atomic E-state index is 12.5. The molecule has 0 aliphatic carbocycles. The average Bonchev–Trinajstić information content (AvgIpc) is 2.66. The summed E-state index contributed by atoms with van der Waals surface area (Å²) >= 11 is 0. The summed E-state index contributed by atoms with van der Waals surface area (Å²) in [6, 6.07) is 8.64. The van der Waals surface area contributed by atoms with Crippen LogP contribution in [-0.2, 0) is 30.0 Å². The standard InChI is InChI=1S/C23H37NO6Si/c1-16(30-31(7,8)22(2,3)4)20-19(18(14-25)28-23(5,6)29-20)24-21(26)27-15-17-12-10-9-11-13-17/h9-14,16,18-20H,15H2,1-8H3,(H,24,26)/t16-,18+,19-,20-/m0/s1. The number of aldehydes is 1. The van der Waals surface area contributed by atoms with Gasteiger partial charge in [0.05, 0.1) is 12.1 Å². The lowest BCUT2D eigenvalue weighted by atomic mass is 9.98. The van der Waals surface area contributed by atoms with Gasteiger partial charge in [-0.25, -0.2) is 4.79 Å². The molecule has 1 fully saturated rings. The molecule has 1 N–H and O–H groups in total. The quantitative estimate of drug-likeness (QED) is 0.488. The van der Waals surface area contributed by atoms with E-state index in [-0.39, 0.29) is 17.7 Å². The molecule has 1 heterocycles. The Bertz CT molecular complexity index is 746. The molecule has 8 heteroatoms. The van der Waals surface area contributed by atoms with Crippen LogP contribution in [0.2, 0.25) is 18.1 Å². The summed E-state index contributed by atoms with van der Waals surface area (Å²) in [6.07, 6.45) is -1.79. The highest BCUT2D eigenvalue weighted by Gasteiger charge is 2.49. The summed E-state index contributed by atoms with van der Waals surface area (Å²) < 4.78 is 23.8. The third kappa shape index (κ3) is 6.87. The summed E-state index contributed by atoms with van der Waals surface area (Å²) in [7, 11) is -2.11. The van der Waals surface area contributed by atoms with Gasteiger partial charge in [-0.05, 0) is 44.5 Å². The first-order valence-electron chi connectivity index (χ1n) is 10.7. The molecule has 1 aromatic carbocycles. The molecule has 0 radical (unpaired) electrons. The number of rotatable bonds is 7. The first kappa shape index (κ1) is 25.5. The van der Waals surface area contributed by atoms with Gasteiger partial charge in [0.15, 0.2) is 20.4 Å². The van der Waals surface area contributed by atoms with Crippen molar-refractivity contribution in [1.82, 2.24) is 5.32 Å². The normalized spacial score (nSPS) is 24.8. The van der Waals surface area contributed by atoms with Crippen molar-refractivity contribution < 1.29 is 28.2 Å². The number of alkyl carbamates (subject to hydrolysis) is 1. The van der Waals surface area contributed by atoms with Gasteiger partial charge in [-0.3, -0.25) is 0 Å². The van der Waals surface area contributed by atoms with E-state index in [4.69, 9.17) is 18.6 Å². The molecular formula is C23H37NO6Si. The number of nitrogens with one attached hydrogen (secondary N) is 1. The van der Waals surface area contributed by atoms with E-state index in [1.165, 1.54) is 0 Å². The van der Waals surface area contributed by atoms with Gasteiger partial charge in [-0.2, -0.15) is 0 Å². The molecule has 1 aliphatic heterocycles. The van der Waals surface area contributed by atoms with Crippen molar-refractivity contribution in [2.24, 2.45) is 0 Å². The van der Waals surface area contributed by atoms with Crippen LogP contribution < -0.4 is 5.32 Å². The Morgan fingerprint density at radius 2 is 1.84 bits per heavy atom. The zero-order chi connectivity index (χ0) is 23.4. The average molecular weight is 452 g/mol. The van der Waals surface area contributed by atoms with E-state index >= 15 is 0 Å². The van der Waals surface area contributed by atoms with Crippen LogP contribution >= 0.6 is 0 Å². The molecule has 174 valence electrons. The number of carbonyl (C=O) groups is 2. The Balaban J connectivity index is 2.16. The van der Waals surface area contributed by atoms with Gasteiger partial charge in [0.25, 0.3) is 0 Å². The highest BCUT2D eigenvalue weighted by Crippen LogP contribution is 2.39. The number of ether oxygens (including phenoxy) is 3. The van der Waals surface area contributed by atoms with Gasteiger partial charge in [0.1, 0.15) is 18.8 Å². The van der Waals surface area contributed by atoms with Gasteiger partial charge in [-0.15, -0.1) is 0 Å². The van der Waals surface area contributed by atoms with Gasteiger partial charge >= 0.3 is 6.09 Å². The third-order valence-electron chi connectivity index (χ3n) is 5.93. The number of hydrogen-bond donors (Lipinski definition) is 1. The van der Waals surface area contributed by atoms with Crippen LogP contribution in [0.25, 0.3) is 0 Å².